The Morgan fingerprint density at radius 3 is 2.78 bits per heavy atom. The van der Waals surface area contributed by atoms with E-state index >= 15 is 0 Å². The fourth-order valence-corrected chi connectivity index (χ4v) is 2.53. The number of piperazine rings is 1. The normalized spacial score (nSPS) is 21.1. The Bertz CT molecular complexity index is 467. The van der Waals surface area contributed by atoms with E-state index in [0.717, 1.165) is 24.1 Å². The standard InChI is InChI=1S/C12H16BrN3O2/c1-9-8-15(6-5-14(9)2)11-4-3-10(13)7-12(11)16(17)18/h3-4,7,9H,5-6,8H2,1-2H3/t9-/m0/s1. The first kappa shape index (κ1) is 13.3. The third-order valence-electron chi connectivity index (χ3n) is 3.43. The highest BCUT2D eigenvalue weighted by Gasteiger charge is 2.26. The van der Waals surface area contributed by atoms with Gasteiger partial charge in [0.1, 0.15) is 5.69 Å². The van der Waals surface area contributed by atoms with Crippen LogP contribution in [0.3, 0.4) is 0 Å². The minimum atomic E-state index is -0.316. The Morgan fingerprint density at radius 1 is 1.44 bits per heavy atom. The highest BCUT2D eigenvalue weighted by molar-refractivity contribution is 9.10. The summed E-state index contributed by atoms with van der Waals surface area (Å²) in [7, 11) is 2.08. The third-order valence-corrected chi connectivity index (χ3v) is 3.93. The lowest BCUT2D eigenvalue weighted by Gasteiger charge is -2.38. The number of benzene rings is 1. The van der Waals surface area contributed by atoms with Crippen LogP contribution < -0.4 is 4.90 Å². The molecule has 5 nitrogen and oxygen atoms in total. The summed E-state index contributed by atoms with van der Waals surface area (Å²) in [5, 5.41) is 11.1. The van der Waals surface area contributed by atoms with Gasteiger partial charge in [0.2, 0.25) is 0 Å². The number of nitrogens with zero attached hydrogens (tertiary/aromatic N) is 3. The molecular weight excluding hydrogens is 298 g/mol. The SMILES string of the molecule is C[C@H]1CN(c2ccc(Br)cc2[N+](=O)[O-])CCN1C. The zero-order valence-corrected chi connectivity index (χ0v) is 12.1. The van der Waals surface area contributed by atoms with E-state index in [0.29, 0.717) is 11.7 Å². The Hall–Kier alpha value is -1.14. The van der Waals surface area contributed by atoms with Crippen molar-refractivity contribution >= 4 is 27.3 Å². The fraction of sp³-hybridized carbons (Fsp3) is 0.500. The van der Waals surface area contributed by atoms with Gasteiger partial charge in [-0.2, -0.15) is 0 Å². The average Bonchev–Trinajstić information content (AvgIpc) is 2.32. The molecule has 0 N–H and O–H groups in total. The summed E-state index contributed by atoms with van der Waals surface area (Å²) in [4.78, 5) is 15.2. The Kier molecular flexibility index (Phi) is 3.87. The van der Waals surface area contributed by atoms with E-state index in [2.05, 4.69) is 39.7 Å². The molecule has 2 rings (SSSR count). The zero-order valence-electron chi connectivity index (χ0n) is 10.5. The maximum atomic E-state index is 11.1. The van der Waals surface area contributed by atoms with E-state index in [4.69, 9.17) is 0 Å². The van der Waals surface area contributed by atoms with Crippen molar-refractivity contribution in [3.63, 3.8) is 0 Å². The number of rotatable bonds is 2. The van der Waals surface area contributed by atoms with Crippen molar-refractivity contribution in [2.75, 3.05) is 31.6 Å². The van der Waals surface area contributed by atoms with Crippen LogP contribution in [-0.4, -0.2) is 42.5 Å². The second-order valence-electron chi connectivity index (χ2n) is 4.67. The van der Waals surface area contributed by atoms with Crippen LogP contribution in [0, 0.1) is 10.1 Å². The van der Waals surface area contributed by atoms with Crippen LogP contribution in [0.25, 0.3) is 0 Å². The molecule has 18 heavy (non-hydrogen) atoms. The van der Waals surface area contributed by atoms with Gasteiger partial charge in [0.05, 0.1) is 4.92 Å². The maximum Gasteiger partial charge on any atom is 0.293 e. The summed E-state index contributed by atoms with van der Waals surface area (Å²) >= 11 is 3.28. The van der Waals surface area contributed by atoms with Gasteiger partial charge in [-0.3, -0.25) is 10.1 Å². The number of hydrogen-bond donors (Lipinski definition) is 0. The first-order valence-electron chi connectivity index (χ1n) is 5.88. The predicted octanol–water partition coefficient (Wildman–Crippen LogP) is 2.50. The van der Waals surface area contributed by atoms with Crippen LogP contribution in [0.15, 0.2) is 22.7 Å². The lowest BCUT2D eigenvalue weighted by Crippen LogP contribution is -2.50. The quantitative estimate of drug-likeness (QED) is 0.622. The number of nitro groups is 1. The van der Waals surface area contributed by atoms with Gasteiger partial charge in [-0.05, 0) is 26.1 Å². The summed E-state index contributed by atoms with van der Waals surface area (Å²) in [6.07, 6.45) is 0. The molecule has 0 bridgehead atoms. The van der Waals surface area contributed by atoms with Gasteiger partial charge in [-0.1, -0.05) is 15.9 Å². The second-order valence-corrected chi connectivity index (χ2v) is 5.58. The molecule has 1 saturated heterocycles. The van der Waals surface area contributed by atoms with Crippen molar-refractivity contribution in [2.24, 2.45) is 0 Å². The number of likely N-dealkylation sites (N-methyl/N-ethyl adjacent to an activating group) is 1. The maximum absolute atomic E-state index is 11.1. The largest absolute Gasteiger partial charge is 0.363 e. The van der Waals surface area contributed by atoms with Crippen molar-refractivity contribution in [1.29, 1.82) is 0 Å². The van der Waals surface area contributed by atoms with Crippen LogP contribution in [0.2, 0.25) is 0 Å². The molecule has 0 aromatic heterocycles. The van der Waals surface area contributed by atoms with Gasteiger partial charge >= 0.3 is 0 Å². The summed E-state index contributed by atoms with van der Waals surface area (Å²) in [5.41, 5.74) is 0.879. The minimum Gasteiger partial charge on any atom is -0.363 e. The van der Waals surface area contributed by atoms with Crippen LogP contribution >= 0.6 is 15.9 Å². The Labute approximate surface area is 115 Å². The molecule has 1 aromatic rings. The number of anilines is 1. The summed E-state index contributed by atoms with van der Waals surface area (Å²) in [6, 6.07) is 5.64. The molecule has 1 aliphatic rings. The lowest BCUT2D eigenvalue weighted by molar-refractivity contribution is -0.384. The van der Waals surface area contributed by atoms with Crippen LogP contribution in [0.1, 0.15) is 6.92 Å². The third kappa shape index (κ3) is 2.64. The molecule has 0 aliphatic carbocycles. The smallest absolute Gasteiger partial charge is 0.293 e. The van der Waals surface area contributed by atoms with Gasteiger partial charge in [0.15, 0.2) is 0 Å². The monoisotopic (exact) mass is 313 g/mol. The fourth-order valence-electron chi connectivity index (χ4n) is 2.18. The lowest BCUT2D eigenvalue weighted by atomic mass is 10.1. The van der Waals surface area contributed by atoms with Gasteiger partial charge in [0, 0.05) is 36.2 Å². The number of hydrogen-bond acceptors (Lipinski definition) is 4. The summed E-state index contributed by atoms with van der Waals surface area (Å²) in [6.45, 7) is 4.70. The van der Waals surface area contributed by atoms with Crippen molar-refractivity contribution in [2.45, 2.75) is 13.0 Å². The van der Waals surface area contributed by atoms with E-state index in [1.165, 1.54) is 0 Å². The molecule has 0 unspecified atom stereocenters. The van der Waals surface area contributed by atoms with E-state index in [1.807, 2.05) is 12.1 Å². The number of nitro benzene ring substituents is 1. The first-order valence-corrected chi connectivity index (χ1v) is 6.67. The van der Waals surface area contributed by atoms with E-state index in [9.17, 15) is 10.1 Å². The molecule has 1 aliphatic heterocycles. The molecule has 0 saturated carbocycles. The van der Waals surface area contributed by atoms with E-state index < -0.39 is 0 Å². The van der Waals surface area contributed by atoms with Crippen LogP contribution in [0.5, 0.6) is 0 Å². The molecular formula is C12H16BrN3O2. The topological polar surface area (TPSA) is 49.6 Å². The van der Waals surface area contributed by atoms with Crippen LogP contribution in [0.4, 0.5) is 11.4 Å². The van der Waals surface area contributed by atoms with Crippen molar-refractivity contribution in [3.05, 3.63) is 32.8 Å². The predicted molar refractivity (Wildman–Crippen MR) is 75.1 cm³/mol. The van der Waals surface area contributed by atoms with Gasteiger partial charge in [0.25, 0.3) is 5.69 Å². The molecule has 0 amide bonds. The molecule has 1 atom stereocenters. The zero-order chi connectivity index (χ0) is 13.3. The summed E-state index contributed by atoms with van der Waals surface area (Å²) in [5.74, 6) is 0. The van der Waals surface area contributed by atoms with Gasteiger partial charge < -0.3 is 9.80 Å². The molecule has 0 spiro atoms. The Morgan fingerprint density at radius 2 is 2.17 bits per heavy atom. The average molecular weight is 314 g/mol. The molecule has 98 valence electrons. The minimum absolute atomic E-state index is 0.168. The van der Waals surface area contributed by atoms with E-state index in [-0.39, 0.29) is 10.6 Å². The molecule has 6 heteroatoms. The van der Waals surface area contributed by atoms with E-state index in [1.54, 1.807) is 6.07 Å². The first-order chi connectivity index (χ1) is 8.49. The van der Waals surface area contributed by atoms with Crippen molar-refractivity contribution in [1.82, 2.24) is 4.90 Å². The number of halogens is 1. The van der Waals surface area contributed by atoms with Crippen LogP contribution in [-0.2, 0) is 0 Å². The molecule has 1 fully saturated rings. The highest BCUT2D eigenvalue weighted by atomic mass is 79.9. The Balaban J connectivity index is 2.30. The van der Waals surface area contributed by atoms with Crippen molar-refractivity contribution < 1.29 is 4.92 Å². The molecule has 1 heterocycles. The second kappa shape index (κ2) is 5.24. The van der Waals surface area contributed by atoms with Gasteiger partial charge in [-0.25, -0.2) is 0 Å². The summed E-state index contributed by atoms with van der Waals surface area (Å²) < 4.78 is 0.736. The van der Waals surface area contributed by atoms with Gasteiger partial charge in [-0.15, -0.1) is 0 Å². The highest BCUT2D eigenvalue weighted by Crippen LogP contribution is 2.32. The van der Waals surface area contributed by atoms with Crippen molar-refractivity contribution in [3.8, 4) is 0 Å². The molecule has 0 radical (unpaired) electrons. The molecule has 1 aromatic carbocycles.